The van der Waals surface area contributed by atoms with Gasteiger partial charge in [0.15, 0.2) is 0 Å². The van der Waals surface area contributed by atoms with Gasteiger partial charge < -0.3 is 14.8 Å². The molecule has 4 heteroatoms. The van der Waals surface area contributed by atoms with Gasteiger partial charge in [-0.25, -0.2) is 4.98 Å². The van der Waals surface area contributed by atoms with E-state index in [4.69, 9.17) is 9.47 Å². The molecule has 0 saturated carbocycles. The summed E-state index contributed by atoms with van der Waals surface area (Å²) in [6.45, 7) is 7.06. The molecule has 1 aromatic carbocycles. The van der Waals surface area contributed by atoms with Gasteiger partial charge in [0.1, 0.15) is 11.5 Å². The quantitative estimate of drug-likeness (QED) is 0.879. The van der Waals surface area contributed by atoms with E-state index in [-0.39, 0.29) is 0 Å². The Balaban J connectivity index is 2.09. The fourth-order valence-electron chi connectivity index (χ4n) is 1.92. The monoisotopic (exact) mass is 286 g/mol. The van der Waals surface area contributed by atoms with Crippen molar-refractivity contribution in [1.82, 2.24) is 10.3 Å². The molecule has 2 aromatic rings. The lowest BCUT2D eigenvalue weighted by atomic mass is 10.2. The van der Waals surface area contributed by atoms with Crippen molar-refractivity contribution < 1.29 is 9.47 Å². The van der Waals surface area contributed by atoms with Gasteiger partial charge in [-0.2, -0.15) is 0 Å². The van der Waals surface area contributed by atoms with Crippen molar-refractivity contribution in [3.8, 4) is 17.4 Å². The van der Waals surface area contributed by atoms with Gasteiger partial charge in [-0.05, 0) is 30.7 Å². The third-order valence-electron chi connectivity index (χ3n) is 3.06. The number of rotatable bonds is 6. The summed E-state index contributed by atoms with van der Waals surface area (Å²) in [5.41, 5.74) is 2.17. The summed E-state index contributed by atoms with van der Waals surface area (Å²) in [5, 5.41) is 3.38. The van der Waals surface area contributed by atoms with E-state index >= 15 is 0 Å². The number of methoxy groups -OCH3 is 1. The lowest BCUT2D eigenvalue weighted by Crippen LogP contribution is -2.21. The second kappa shape index (κ2) is 7.09. The van der Waals surface area contributed by atoms with Crippen molar-refractivity contribution in [1.29, 1.82) is 0 Å². The summed E-state index contributed by atoms with van der Waals surface area (Å²) in [6, 6.07) is 10.1. The zero-order valence-corrected chi connectivity index (χ0v) is 13.0. The largest absolute Gasteiger partial charge is 0.497 e. The lowest BCUT2D eigenvalue weighted by Gasteiger charge is -2.11. The van der Waals surface area contributed by atoms with E-state index in [0.29, 0.717) is 11.9 Å². The molecule has 0 spiro atoms. The number of aromatic nitrogens is 1. The lowest BCUT2D eigenvalue weighted by molar-refractivity contribution is 0.407. The van der Waals surface area contributed by atoms with Gasteiger partial charge in [0, 0.05) is 30.4 Å². The van der Waals surface area contributed by atoms with Gasteiger partial charge in [-0.1, -0.05) is 19.9 Å². The summed E-state index contributed by atoms with van der Waals surface area (Å²) in [4.78, 5) is 4.40. The number of nitrogens with zero attached hydrogens (tertiary/aromatic N) is 1. The fraction of sp³-hybridized carbons (Fsp3) is 0.353. The van der Waals surface area contributed by atoms with Gasteiger partial charge in [-0.3, -0.25) is 0 Å². The van der Waals surface area contributed by atoms with Gasteiger partial charge >= 0.3 is 0 Å². The molecule has 0 bridgehead atoms. The Hall–Kier alpha value is -2.07. The fourth-order valence-corrected chi connectivity index (χ4v) is 1.92. The first kappa shape index (κ1) is 15.3. The van der Waals surface area contributed by atoms with Crippen molar-refractivity contribution in [2.24, 2.45) is 0 Å². The van der Waals surface area contributed by atoms with Crippen LogP contribution < -0.4 is 14.8 Å². The number of hydrogen-bond donors (Lipinski definition) is 1. The van der Waals surface area contributed by atoms with Crippen molar-refractivity contribution in [2.45, 2.75) is 33.4 Å². The molecule has 0 saturated heterocycles. The molecule has 1 heterocycles. The number of nitrogens with one attached hydrogen (secondary N) is 1. The molecule has 112 valence electrons. The minimum Gasteiger partial charge on any atom is -0.497 e. The van der Waals surface area contributed by atoms with Crippen LogP contribution in [0.3, 0.4) is 0 Å². The molecular weight excluding hydrogens is 264 g/mol. The van der Waals surface area contributed by atoms with Crippen LogP contribution in [0.1, 0.15) is 25.0 Å². The highest BCUT2D eigenvalue weighted by atomic mass is 16.5. The second-order valence-electron chi connectivity index (χ2n) is 5.28. The van der Waals surface area contributed by atoms with Gasteiger partial charge in [0.2, 0.25) is 5.88 Å². The smallest absolute Gasteiger partial charge is 0.222 e. The van der Waals surface area contributed by atoms with Crippen LogP contribution in [-0.2, 0) is 6.54 Å². The summed E-state index contributed by atoms with van der Waals surface area (Å²) >= 11 is 0. The molecule has 0 amide bonds. The van der Waals surface area contributed by atoms with Crippen molar-refractivity contribution in [3.05, 3.63) is 47.7 Å². The Morgan fingerprint density at radius 1 is 1.19 bits per heavy atom. The highest BCUT2D eigenvalue weighted by molar-refractivity contribution is 5.37. The summed E-state index contributed by atoms with van der Waals surface area (Å²) < 4.78 is 11.0. The van der Waals surface area contributed by atoms with Crippen molar-refractivity contribution in [2.75, 3.05) is 7.11 Å². The topological polar surface area (TPSA) is 43.4 Å². The van der Waals surface area contributed by atoms with E-state index in [1.807, 2.05) is 37.4 Å². The normalized spacial score (nSPS) is 10.7. The van der Waals surface area contributed by atoms with Crippen LogP contribution in [0.15, 0.2) is 36.5 Å². The molecule has 0 aliphatic rings. The predicted molar refractivity (Wildman–Crippen MR) is 84.0 cm³/mol. The highest BCUT2D eigenvalue weighted by Crippen LogP contribution is 2.26. The maximum absolute atomic E-state index is 5.82. The highest BCUT2D eigenvalue weighted by Gasteiger charge is 2.06. The number of aryl methyl sites for hydroxylation is 1. The molecule has 1 aromatic heterocycles. The third kappa shape index (κ3) is 4.46. The van der Waals surface area contributed by atoms with Crippen LogP contribution in [0.4, 0.5) is 0 Å². The van der Waals surface area contributed by atoms with Gasteiger partial charge in [-0.15, -0.1) is 0 Å². The first-order valence-corrected chi connectivity index (χ1v) is 7.09. The Morgan fingerprint density at radius 2 is 1.95 bits per heavy atom. The zero-order valence-electron chi connectivity index (χ0n) is 13.0. The Labute approximate surface area is 126 Å². The third-order valence-corrected chi connectivity index (χ3v) is 3.06. The van der Waals surface area contributed by atoms with Crippen LogP contribution >= 0.6 is 0 Å². The van der Waals surface area contributed by atoms with Crippen molar-refractivity contribution >= 4 is 0 Å². The standard InChI is InChI=1S/C17H22N2O2/c1-12(2)18-10-14-8-13(3)17(19-11-14)21-16-7-5-6-15(9-16)20-4/h5-9,11-12,18H,10H2,1-4H3. The van der Waals surface area contributed by atoms with Crippen LogP contribution in [0.5, 0.6) is 17.4 Å². The number of benzene rings is 1. The molecule has 0 aliphatic carbocycles. The molecule has 4 nitrogen and oxygen atoms in total. The summed E-state index contributed by atoms with van der Waals surface area (Å²) in [5.74, 6) is 2.11. The molecule has 2 rings (SSSR count). The average Bonchev–Trinajstić information content (AvgIpc) is 2.48. The first-order valence-electron chi connectivity index (χ1n) is 7.09. The average molecular weight is 286 g/mol. The van der Waals surface area contributed by atoms with Gasteiger partial charge in [0.05, 0.1) is 7.11 Å². The SMILES string of the molecule is COc1cccc(Oc2ncc(CNC(C)C)cc2C)c1. The van der Waals surface area contributed by atoms with E-state index in [9.17, 15) is 0 Å². The summed E-state index contributed by atoms with van der Waals surface area (Å²) in [6.07, 6.45) is 1.85. The minimum atomic E-state index is 0.456. The van der Waals surface area contributed by atoms with Crippen LogP contribution in [0.2, 0.25) is 0 Å². The van der Waals surface area contributed by atoms with E-state index in [1.165, 1.54) is 0 Å². The van der Waals surface area contributed by atoms with Crippen LogP contribution in [0.25, 0.3) is 0 Å². The molecule has 0 radical (unpaired) electrons. The first-order chi connectivity index (χ1) is 10.1. The molecule has 0 atom stereocenters. The molecule has 21 heavy (non-hydrogen) atoms. The molecule has 0 fully saturated rings. The molecule has 0 unspecified atom stereocenters. The maximum Gasteiger partial charge on any atom is 0.222 e. The predicted octanol–water partition coefficient (Wildman–Crippen LogP) is 3.69. The molecule has 0 aliphatic heterocycles. The Morgan fingerprint density at radius 3 is 2.62 bits per heavy atom. The molecule has 1 N–H and O–H groups in total. The van der Waals surface area contributed by atoms with E-state index in [2.05, 4.69) is 30.2 Å². The van der Waals surface area contributed by atoms with E-state index in [1.54, 1.807) is 7.11 Å². The number of pyridine rings is 1. The second-order valence-corrected chi connectivity index (χ2v) is 5.28. The number of ether oxygens (including phenoxy) is 2. The van der Waals surface area contributed by atoms with E-state index in [0.717, 1.165) is 29.2 Å². The Bertz CT molecular complexity index is 597. The Kier molecular flexibility index (Phi) is 5.17. The van der Waals surface area contributed by atoms with E-state index < -0.39 is 0 Å². The number of hydrogen-bond acceptors (Lipinski definition) is 4. The maximum atomic E-state index is 5.82. The van der Waals surface area contributed by atoms with Crippen LogP contribution in [0, 0.1) is 6.92 Å². The van der Waals surface area contributed by atoms with Crippen LogP contribution in [-0.4, -0.2) is 18.1 Å². The summed E-state index contributed by atoms with van der Waals surface area (Å²) in [7, 11) is 1.64. The van der Waals surface area contributed by atoms with Gasteiger partial charge in [0.25, 0.3) is 0 Å². The van der Waals surface area contributed by atoms with Crippen molar-refractivity contribution in [3.63, 3.8) is 0 Å². The molecular formula is C17H22N2O2. The zero-order chi connectivity index (χ0) is 15.2. The minimum absolute atomic E-state index is 0.456.